The summed E-state index contributed by atoms with van der Waals surface area (Å²) < 4.78 is 1.03. The maximum absolute atomic E-state index is 12.0. The number of hydrogen-bond acceptors (Lipinski definition) is 1. The zero-order chi connectivity index (χ0) is 17.5. The molecule has 0 aliphatic heterocycles. The van der Waals surface area contributed by atoms with E-state index < -0.39 is 0 Å². The number of ketones is 1. The predicted molar refractivity (Wildman–Crippen MR) is 109 cm³/mol. The van der Waals surface area contributed by atoms with Crippen LogP contribution >= 0.6 is 15.9 Å². The van der Waals surface area contributed by atoms with Gasteiger partial charge >= 0.3 is 0 Å². The third kappa shape index (κ3) is 11.0. The second kappa shape index (κ2) is 14.7. The molecule has 0 atom stereocenters. The second-order valence-electron chi connectivity index (χ2n) is 6.92. The van der Waals surface area contributed by atoms with Gasteiger partial charge in [0.1, 0.15) is 0 Å². The minimum absolute atomic E-state index is 0.283. The fourth-order valence-corrected chi connectivity index (χ4v) is 3.35. The summed E-state index contributed by atoms with van der Waals surface area (Å²) >= 11 is 3.40. The molecule has 0 spiro atoms. The van der Waals surface area contributed by atoms with Crippen LogP contribution in [0.2, 0.25) is 0 Å². The third-order valence-electron chi connectivity index (χ3n) is 4.67. The number of unbranched alkanes of at least 4 members (excludes halogenated alkanes) is 12. The topological polar surface area (TPSA) is 17.1 Å². The Morgan fingerprint density at radius 1 is 0.708 bits per heavy atom. The molecule has 0 saturated heterocycles. The molecule has 0 aliphatic carbocycles. The smallest absolute Gasteiger partial charge is 0.162 e. The van der Waals surface area contributed by atoms with Crippen molar-refractivity contribution in [1.29, 1.82) is 0 Å². The summed E-state index contributed by atoms with van der Waals surface area (Å²) in [6.45, 7) is 2.27. The largest absolute Gasteiger partial charge is 0.294 e. The molecule has 0 aliphatic rings. The molecule has 0 saturated carbocycles. The van der Waals surface area contributed by atoms with Gasteiger partial charge in [-0.05, 0) is 18.6 Å². The third-order valence-corrected chi connectivity index (χ3v) is 5.20. The molecule has 0 fully saturated rings. The van der Waals surface area contributed by atoms with Crippen LogP contribution in [-0.2, 0) is 0 Å². The van der Waals surface area contributed by atoms with Crippen LogP contribution in [0, 0.1) is 0 Å². The van der Waals surface area contributed by atoms with Gasteiger partial charge in [0.15, 0.2) is 5.78 Å². The molecule has 0 bridgehead atoms. The predicted octanol–water partition coefficient (Wildman–Crippen LogP) is 8.11. The number of Topliss-reactive ketones (excluding diaryl/α,β-unsaturated/α-hetero) is 1. The summed E-state index contributed by atoms with van der Waals surface area (Å²) in [6.07, 6.45) is 18.2. The van der Waals surface area contributed by atoms with Crippen molar-refractivity contribution in [2.75, 3.05) is 0 Å². The molecule has 0 radical (unpaired) electrons. The van der Waals surface area contributed by atoms with Crippen molar-refractivity contribution in [1.82, 2.24) is 0 Å². The number of carbonyl (C=O) groups excluding carboxylic acids is 1. The highest BCUT2D eigenvalue weighted by Crippen LogP contribution is 2.15. The van der Waals surface area contributed by atoms with E-state index in [1.165, 1.54) is 77.0 Å². The van der Waals surface area contributed by atoms with Gasteiger partial charge in [0.2, 0.25) is 0 Å². The van der Waals surface area contributed by atoms with Crippen LogP contribution in [-0.4, -0.2) is 5.78 Å². The van der Waals surface area contributed by atoms with Crippen molar-refractivity contribution in [2.24, 2.45) is 0 Å². The number of rotatable bonds is 15. The van der Waals surface area contributed by atoms with Crippen LogP contribution in [0.25, 0.3) is 0 Å². The zero-order valence-electron chi connectivity index (χ0n) is 15.5. The van der Waals surface area contributed by atoms with E-state index in [0.29, 0.717) is 6.42 Å². The average Bonchev–Trinajstić information content (AvgIpc) is 2.59. The SMILES string of the molecule is CCCCCCCCCCCCCCCC(=O)c1ccc(Br)cc1. The van der Waals surface area contributed by atoms with Gasteiger partial charge in [-0.3, -0.25) is 4.79 Å². The minimum Gasteiger partial charge on any atom is -0.294 e. The lowest BCUT2D eigenvalue weighted by atomic mass is 10.0. The molecule has 0 aromatic heterocycles. The Balaban J connectivity index is 1.87. The molecule has 0 amide bonds. The molecular formula is C22H35BrO. The Morgan fingerprint density at radius 3 is 1.58 bits per heavy atom. The Bertz CT molecular complexity index is 424. The van der Waals surface area contributed by atoms with Crippen molar-refractivity contribution < 1.29 is 4.79 Å². The molecule has 24 heavy (non-hydrogen) atoms. The molecule has 1 aromatic carbocycles. The van der Waals surface area contributed by atoms with E-state index in [2.05, 4.69) is 22.9 Å². The first-order chi connectivity index (χ1) is 11.7. The molecule has 1 rings (SSSR count). The molecular weight excluding hydrogens is 360 g/mol. The van der Waals surface area contributed by atoms with Gasteiger partial charge in [-0.2, -0.15) is 0 Å². The van der Waals surface area contributed by atoms with E-state index >= 15 is 0 Å². The minimum atomic E-state index is 0.283. The molecule has 1 aromatic rings. The van der Waals surface area contributed by atoms with Crippen LogP contribution < -0.4 is 0 Å². The maximum atomic E-state index is 12.0. The van der Waals surface area contributed by atoms with E-state index in [0.717, 1.165) is 16.5 Å². The summed E-state index contributed by atoms with van der Waals surface area (Å²) in [6, 6.07) is 7.71. The zero-order valence-corrected chi connectivity index (χ0v) is 17.1. The average molecular weight is 395 g/mol. The standard InChI is InChI=1S/C22H35BrO/c1-2-3-4-5-6-7-8-9-10-11-12-13-14-15-22(24)20-16-18-21(23)19-17-20/h16-19H,2-15H2,1H3. The highest BCUT2D eigenvalue weighted by Gasteiger charge is 2.04. The number of carbonyl (C=O) groups is 1. The lowest BCUT2D eigenvalue weighted by Gasteiger charge is -2.03. The van der Waals surface area contributed by atoms with E-state index in [1.54, 1.807) is 0 Å². The van der Waals surface area contributed by atoms with Gasteiger partial charge in [0.25, 0.3) is 0 Å². The summed E-state index contributed by atoms with van der Waals surface area (Å²) in [5.41, 5.74) is 0.845. The number of halogens is 1. The van der Waals surface area contributed by atoms with Crippen molar-refractivity contribution in [3.8, 4) is 0 Å². The van der Waals surface area contributed by atoms with Gasteiger partial charge < -0.3 is 0 Å². The molecule has 0 heterocycles. The molecule has 1 nitrogen and oxygen atoms in total. The number of hydrogen-bond donors (Lipinski definition) is 0. The lowest BCUT2D eigenvalue weighted by molar-refractivity contribution is 0.0979. The Hall–Kier alpha value is -0.630. The van der Waals surface area contributed by atoms with Crippen LogP contribution in [0.3, 0.4) is 0 Å². The normalized spacial score (nSPS) is 10.9. The van der Waals surface area contributed by atoms with E-state index in [-0.39, 0.29) is 5.78 Å². The van der Waals surface area contributed by atoms with Gasteiger partial charge in [0.05, 0.1) is 0 Å². The van der Waals surface area contributed by atoms with Gasteiger partial charge in [-0.15, -0.1) is 0 Å². The van der Waals surface area contributed by atoms with Crippen LogP contribution in [0.5, 0.6) is 0 Å². The first-order valence-corrected chi connectivity index (χ1v) is 10.8. The first kappa shape index (κ1) is 21.4. The molecule has 0 unspecified atom stereocenters. The van der Waals surface area contributed by atoms with Crippen molar-refractivity contribution >= 4 is 21.7 Å². The molecule has 0 N–H and O–H groups in total. The van der Waals surface area contributed by atoms with Crippen molar-refractivity contribution in [3.05, 3.63) is 34.3 Å². The lowest BCUT2D eigenvalue weighted by Crippen LogP contribution is -1.98. The van der Waals surface area contributed by atoms with Gasteiger partial charge in [0, 0.05) is 16.5 Å². The Labute approximate surface area is 157 Å². The quantitative estimate of drug-likeness (QED) is 0.216. The fourth-order valence-electron chi connectivity index (χ4n) is 3.08. The molecule has 136 valence electrons. The van der Waals surface area contributed by atoms with Crippen LogP contribution in [0.1, 0.15) is 107 Å². The van der Waals surface area contributed by atoms with Crippen molar-refractivity contribution in [3.63, 3.8) is 0 Å². The summed E-state index contributed by atoms with van der Waals surface area (Å²) in [4.78, 5) is 12.0. The first-order valence-electron chi connectivity index (χ1n) is 10.0. The summed E-state index contributed by atoms with van der Waals surface area (Å²) in [5.74, 6) is 0.283. The monoisotopic (exact) mass is 394 g/mol. The highest BCUT2D eigenvalue weighted by atomic mass is 79.9. The molecule has 2 heteroatoms. The van der Waals surface area contributed by atoms with Gasteiger partial charge in [-0.25, -0.2) is 0 Å². The van der Waals surface area contributed by atoms with Crippen molar-refractivity contribution in [2.45, 2.75) is 96.8 Å². The van der Waals surface area contributed by atoms with E-state index in [1.807, 2.05) is 24.3 Å². The highest BCUT2D eigenvalue weighted by molar-refractivity contribution is 9.10. The Morgan fingerprint density at radius 2 is 1.12 bits per heavy atom. The number of benzene rings is 1. The van der Waals surface area contributed by atoms with Crippen LogP contribution in [0.4, 0.5) is 0 Å². The second-order valence-corrected chi connectivity index (χ2v) is 7.84. The summed E-state index contributed by atoms with van der Waals surface area (Å²) in [7, 11) is 0. The fraction of sp³-hybridized carbons (Fsp3) is 0.682. The van der Waals surface area contributed by atoms with E-state index in [4.69, 9.17) is 0 Å². The summed E-state index contributed by atoms with van der Waals surface area (Å²) in [5, 5.41) is 0. The van der Waals surface area contributed by atoms with Crippen LogP contribution in [0.15, 0.2) is 28.7 Å². The Kier molecular flexibility index (Phi) is 13.1. The maximum Gasteiger partial charge on any atom is 0.162 e. The van der Waals surface area contributed by atoms with E-state index in [9.17, 15) is 4.79 Å². The van der Waals surface area contributed by atoms with Gasteiger partial charge in [-0.1, -0.05) is 112 Å².